The smallest absolute Gasteiger partial charge is 0.337 e. The Bertz CT molecular complexity index is 480. The zero-order chi connectivity index (χ0) is 9.42. The summed E-state index contributed by atoms with van der Waals surface area (Å²) in [5.41, 5.74) is 0.580. The SMILES string of the molecule is O=C(O)c1cnn2ncc(Cl)c2c1. The molecular formula is C7H4ClN3O2. The van der Waals surface area contributed by atoms with E-state index in [0.717, 1.165) is 0 Å². The van der Waals surface area contributed by atoms with Crippen molar-refractivity contribution < 1.29 is 9.90 Å². The van der Waals surface area contributed by atoms with Gasteiger partial charge < -0.3 is 5.11 Å². The van der Waals surface area contributed by atoms with Crippen LogP contribution in [0, 0.1) is 0 Å². The van der Waals surface area contributed by atoms with Crippen LogP contribution in [0.15, 0.2) is 18.5 Å². The largest absolute Gasteiger partial charge is 0.478 e. The average Bonchev–Trinajstić information content (AvgIpc) is 2.47. The second kappa shape index (κ2) is 2.70. The molecule has 2 heterocycles. The Morgan fingerprint density at radius 1 is 1.46 bits per heavy atom. The maximum absolute atomic E-state index is 10.6. The van der Waals surface area contributed by atoms with E-state index in [4.69, 9.17) is 16.7 Å². The number of carboxylic acids is 1. The van der Waals surface area contributed by atoms with Crippen LogP contribution in [0.25, 0.3) is 5.52 Å². The van der Waals surface area contributed by atoms with Crippen LogP contribution in [0.4, 0.5) is 0 Å². The highest BCUT2D eigenvalue weighted by Crippen LogP contribution is 2.15. The highest BCUT2D eigenvalue weighted by molar-refractivity contribution is 6.33. The molecule has 2 rings (SSSR count). The predicted octanol–water partition coefficient (Wildman–Crippen LogP) is 1.08. The van der Waals surface area contributed by atoms with Gasteiger partial charge in [-0.2, -0.15) is 14.8 Å². The summed E-state index contributed by atoms with van der Waals surface area (Å²) in [5, 5.41) is 16.6. The lowest BCUT2D eigenvalue weighted by Crippen LogP contribution is -2.00. The van der Waals surface area contributed by atoms with Crippen LogP contribution in [0.2, 0.25) is 5.02 Å². The summed E-state index contributed by atoms with van der Waals surface area (Å²) < 4.78 is 1.27. The number of hydrogen-bond acceptors (Lipinski definition) is 3. The van der Waals surface area contributed by atoms with Gasteiger partial charge >= 0.3 is 5.97 Å². The van der Waals surface area contributed by atoms with Gasteiger partial charge in [-0.05, 0) is 6.07 Å². The molecule has 1 N–H and O–H groups in total. The van der Waals surface area contributed by atoms with Gasteiger partial charge in [0.15, 0.2) is 0 Å². The second-order valence-electron chi connectivity index (χ2n) is 2.42. The molecule has 0 aliphatic heterocycles. The Balaban J connectivity index is 2.72. The predicted molar refractivity (Wildman–Crippen MR) is 45.0 cm³/mol. The molecule has 5 nitrogen and oxygen atoms in total. The lowest BCUT2D eigenvalue weighted by Gasteiger charge is -1.94. The molecule has 0 aliphatic carbocycles. The molecule has 0 bridgehead atoms. The van der Waals surface area contributed by atoms with E-state index < -0.39 is 5.97 Å². The number of rotatable bonds is 1. The van der Waals surface area contributed by atoms with Gasteiger partial charge in [-0.1, -0.05) is 11.6 Å². The molecule has 0 unspecified atom stereocenters. The van der Waals surface area contributed by atoms with Crippen molar-refractivity contribution in [2.24, 2.45) is 0 Å². The Kier molecular flexibility index (Phi) is 1.66. The lowest BCUT2D eigenvalue weighted by atomic mass is 10.3. The molecule has 0 saturated carbocycles. The molecule has 2 aromatic heterocycles. The highest BCUT2D eigenvalue weighted by Gasteiger charge is 2.07. The molecule has 0 amide bonds. The van der Waals surface area contributed by atoms with Crippen LogP contribution >= 0.6 is 11.6 Å². The van der Waals surface area contributed by atoms with Gasteiger partial charge in [0.25, 0.3) is 0 Å². The fraction of sp³-hybridized carbons (Fsp3) is 0. The topological polar surface area (TPSA) is 67.5 Å². The first kappa shape index (κ1) is 8.00. The third-order valence-corrected chi connectivity index (χ3v) is 1.88. The molecule has 0 aliphatic rings. The van der Waals surface area contributed by atoms with Crippen LogP contribution in [-0.2, 0) is 0 Å². The molecule has 0 fully saturated rings. The highest BCUT2D eigenvalue weighted by atomic mass is 35.5. The fourth-order valence-corrected chi connectivity index (χ4v) is 1.14. The van der Waals surface area contributed by atoms with Crippen molar-refractivity contribution in [2.45, 2.75) is 0 Å². The monoisotopic (exact) mass is 197 g/mol. The summed E-state index contributed by atoms with van der Waals surface area (Å²) in [4.78, 5) is 10.6. The number of carboxylic acid groups (broad SMARTS) is 1. The molecular weight excluding hydrogens is 194 g/mol. The Labute approximate surface area is 77.5 Å². The molecule has 66 valence electrons. The van der Waals surface area contributed by atoms with Gasteiger partial charge in [0.05, 0.1) is 23.0 Å². The van der Waals surface area contributed by atoms with Crippen molar-refractivity contribution >= 4 is 23.1 Å². The molecule has 0 aromatic carbocycles. The van der Waals surface area contributed by atoms with Crippen LogP contribution < -0.4 is 0 Å². The average molecular weight is 198 g/mol. The number of fused-ring (bicyclic) bond motifs is 1. The van der Waals surface area contributed by atoms with Crippen LogP contribution in [0.5, 0.6) is 0 Å². The number of aromatic carboxylic acids is 1. The standard InChI is InChI=1S/C7H4ClN3O2/c8-5-3-10-11-6(5)1-4(2-9-11)7(12)13/h1-3H,(H,12,13). The summed E-state index contributed by atoms with van der Waals surface area (Å²) in [6.45, 7) is 0. The van der Waals surface area contributed by atoms with Crippen molar-refractivity contribution in [2.75, 3.05) is 0 Å². The van der Waals surface area contributed by atoms with E-state index in [9.17, 15) is 4.79 Å². The molecule has 13 heavy (non-hydrogen) atoms. The van der Waals surface area contributed by atoms with Crippen molar-refractivity contribution in [1.29, 1.82) is 0 Å². The minimum absolute atomic E-state index is 0.0925. The van der Waals surface area contributed by atoms with E-state index in [-0.39, 0.29) is 5.56 Å². The second-order valence-corrected chi connectivity index (χ2v) is 2.82. The van der Waals surface area contributed by atoms with E-state index in [1.165, 1.54) is 23.1 Å². The zero-order valence-corrected chi connectivity index (χ0v) is 7.06. The fourth-order valence-electron chi connectivity index (χ4n) is 0.966. The first-order valence-corrected chi connectivity index (χ1v) is 3.79. The normalized spacial score (nSPS) is 10.5. The molecule has 0 spiro atoms. The number of hydrogen-bond donors (Lipinski definition) is 1. The van der Waals surface area contributed by atoms with E-state index in [2.05, 4.69) is 10.2 Å². The van der Waals surface area contributed by atoms with Crippen LogP contribution in [0.1, 0.15) is 10.4 Å². The van der Waals surface area contributed by atoms with Gasteiger partial charge in [0.1, 0.15) is 5.52 Å². The maximum atomic E-state index is 10.6. The summed E-state index contributed by atoms with van der Waals surface area (Å²) >= 11 is 5.73. The summed E-state index contributed by atoms with van der Waals surface area (Å²) in [6, 6.07) is 1.42. The first-order valence-electron chi connectivity index (χ1n) is 3.41. The van der Waals surface area contributed by atoms with Gasteiger partial charge in [-0.15, -0.1) is 0 Å². The van der Waals surface area contributed by atoms with Crippen molar-refractivity contribution in [3.05, 3.63) is 29.0 Å². The van der Waals surface area contributed by atoms with E-state index in [0.29, 0.717) is 10.5 Å². The number of aromatic nitrogens is 3. The molecule has 2 aromatic rings. The Morgan fingerprint density at radius 3 is 2.85 bits per heavy atom. The summed E-state index contributed by atoms with van der Waals surface area (Å²) in [5.74, 6) is -1.03. The van der Waals surface area contributed by atoms with Crippen LogP contribution in [0.3, 0.4) is 0 Å². The first-order chi connectivity index (χ1) is 6.18. The van der Waals surface area contributed by atoms with Gasteiger partial charge in [0.2, 0.25) is 0 Å². The summed E-state index contributed by atoms with van der Waals surface area (Å²) in [6.07, 6.45) is 2.63. The zero-order valence-electron chi connectivity index (χ0n) is 6.31. The quantitative estimate of drug-likeness (QED) is 0.743. The van der Waals surface area contributed by atoms with Crippen molar-refractivity contribution in [1.82, 2.24) is 14.8 Å². The Hall–Kier alpha value is -1.62. The van der Waals surface area contributed by atoms with Crippen molar-refractivity contribution in [3.8, 4) is 0 Å². The number of carbonyl (C=O) groups is 1. The molecule has 0 saturated heterocycles. The minimum Gasteiger partial charge on any atom is -0.478 e. The van der Waals surface area contributed by atoms with E-state index in [1.54, 1.807) is 0 Å². The summed E-state index contributed by atoms with van der Waals surface area (Å²) in [7, 11) is 0. The molecule has 0 radical (unpaired) electrons. The molecule has 6 heteroatoms. The van der Waals surface area contributed by atoms with Crippen LogP contribution in [-0.4, -0.2) is 25.9 Å². The lowest BCUT2D eigenvalue weighted by molar-refractivity contribution is 0.0696. The third-order valence-electron chi connectivity index (χ3n) is 1.59. The molecule has 0 atom stereocenters. The van der Waals surface area contributed by atoms with Gasteiger partial charge in [-0.3, -0.25) is 0 Å². The number of halogens is 1. The van der Waals surface area contributed by atoms with Gasteiger partial charge in [0, 0.05) is 0 Å². The Morgan fingerprint density at radius 2 is 2.15 bits per heavy atom. The maximum Gasteiger partial charge on any atom is 0.337 e. The number of nitrogens with zero attached hydrogens (tertiary/aromatic N) is 3. The van der Waals surface area contributed by atoms with E-state index in [1.807, 2.05) is 0 Å². The van der Waals surface area contributed by atoms with E-state index >= 15 is 0 Å². The van der Waals surface area contributed by atoms with Crippen molar-refractivity contribution in [3.63, 3.8) is 0 Å². The third kappa shape index (κ3) is 1.23. The van der Waals surface area contributed by atoms with Gasteiger partial charge in [-0.25, -0.2) is 4.79 Å². The minimum atomic E-state index is -1.03.